The van der Waals surface area contributed by atoms with E-state index in [1.807, 2.05) is 32.0 Å². The summed E-state index contributed by atoms with van der Waals surface area (Å²) in [6.45, 7) is 11.3. The maximum atomic E-state index is 14.1. The summed E-state index contributed by atoms with van der Waals surface area (Å²) in [5, 5.41) is 3.39. The molecule has 4 heterocycles. The molecule has 2 fully saturated rings. The van der Waals surface area contributed by atoms with Crippen molar-refractivity contribution in [3.05, 3.63) is 65.0 Å². The smallest absolute Gasteiger partial charge is 0.421 e. The number of imide groups is 1. The molecule has 1 aliphatic carbocycles. The number of nitrogens with one attached hydrogen (secondary N) is 1. The predicted octanol–water partition coefficient (Wildman–Crippen LogP) is 5.19. The fraction of sp³-hybridized carbons (Fsp3) is 0.457. The number of anilines is 3. The lowest BCUT2D eigenvalue weighted by atomic mass is 9.91. The van der Waals surface area contributed by atoms with E-state index in [4.69, 9.17) is 23.9 Å². The van der Waals surface area contributed by atoms with Crippen molar-refractivity contribution in [2.75, 3.05) is 42.4 Å². The Morgan fingerprint density at radius 3 is 2.51 bits per heavy atom. The molecule has 3 aromatic rings. The second kappa shape index (κ2) is 11.2. The highest BCUT2D eigenvalue weighted by molar-refractivity contribution is 6.23. The van der Waals surface area contributed by atoms with Crippen LogP contribution in [0.5, 0.6) is 11.5 Å². The molecule has 2 aromatic carbocycles. The number of aromatic nitrogens is 2. The van der Waals surface area contributed by atoms with Crippen LogP contribution in [0.4, 0.5) is 22.1 Å². The van der Waals surface area contributed by atoms with E-state index >= 15 is 0 Å². The fourth-order valence-corrected chi connectivity index (χ4v) is 7.18. The number of rotatable bonds is 5. The molecule has 246 valence electrons. The summed E-state index contributed by atoms with van der Waals surface area (Å²) in [7, 11) is 3.21. The number of benzene rings is 2. The van der Waals surface area contributed by atoms with Gasteiger partial charge in [-0.05, 0) is 75.9 Å². The van der Waals surface area contributed by atoms with Crippen molar-refractivity contribution in [2.24, 2.45) is 4.99 Å². The van der Waals surface area contributed by atoms with E-state index in [-0.39, 0.29) is 24.0 Å². The summed E-state index contributed by atoms with van der Waals surface area (Å²) < 4.78 is 22.9. The van der Waals surface area contributed by atoms with Crippen LogP contribution in [0.15, 0.2) is 47.7 Å². The van der Waals surface area contributed by atoms with Gasteiger partial charge in [-0.3, -0.25) is 9.79 Å². The van der Waals surface area contributed by atoms with E-state index in [0.717, 1.165) is 22.3 Å². The zero-order valence-electron chi connectivity index (χ0n) is 27.8. The molecule has 4 aliphatic rings. The Kier molecular flexibility index (Phi) is 7.38. The predicted molar refractivity (Wildman–Crippen MR) is 177 cm³/mol. The van der Waals surface area contributed by atoms with Crippen LogP contribution in [0.25, 0.3) is 0 Å². The number of methoxy groups -OCH3 is 2. The van der Waals surface area contributed by atoms with Gasteiger partial charge in [-0.2, -0.15) is 0 Å². The molecule has 0 unspecified atom stereocenters. The number of amidine groups is 1. The number of nitrogens with zero attached hydrogens (tertiary/aromatic N) is 5. The van der Waals surface area contributed by atoms with Crippen molar-refractivity contribution < 1.29 is 28.5 Å². The first-order valence-corrected chi connectivity index (χ1v) is 15.9. The largest absolute Gasteiger partial charge is 0.497 e. The van der Waals surface area contributed by atoms with Gasteiger partial charge in [-0.1, -0.05) is 18.2 Å². The lowest BCUT2D eigenvalue weighted by Gasteiger charge is -2.36. The minimum absolute atomic E-state index is 0.0659. The van der Waals surface area contributed by atoms with Crippen LogP contribution >= 0.6 is 0 Å². The molecule has 2 amide bonds. The lowest BCUT2D eigenvalue weighted by Crippen LogP contribution is -2.46. The van der Waals surface area contributed by atoms with Gasteiger partial charge in [0.15, 0.2) is 11.6 Å². The summed E-state index contributed by atoms with van der Waals surface area (Å²) >= 11 is 0. The SMILES string of the molecule is COc1ccc2c(c1)[C@]1(C[C@H]1c1ccc3c(c1)CN=C3Nc1ncnc(N3C[C@@H](C)O[C@@H](C)C3)c1OC)C(=O)N2C(=O)OC(C)(C)C. The second-order valence-electron chi connectivity index (χ2n) is 13.7. The van der Waals surface area contributed by atoms with Crippen LogP contribution in [0, 0.1) is 0 Å². The number of ether oxygens (including phenoxy) is 4. The quantitative estimate of drug-likeness (QED) is 0.398. The van der Waals surface area contributed by atoms with Gasteiger partial charge in [-0.25, -0.2) is 19.7 Å². The molecule has 12 nitrogen and oxygen atoms in total. The number of aliphatic imine (C=N–C) groups is 1. The summed E-state index contributed by atoms with van der Waals surface area (Å²) in [5.74, 6) is 2.72. The molecule has 47 heavy (non-hydrogen) atoms. The van der Waals surface area contributed by atoms with Gasteiger partial charge < -0.3 is 29.2 Å². The first kappa shape index (κ1) is 30.9. The van der Waals surface area contributed by atoms with Crippen molar-refractivity contribution in [3.63, 3.8) is 0 Å². The molecule has 1 aromatic heterocycles. The number of carbonyl (C=O) groups is 2. The topological polar surface area (TPSA) is 128 Å². The van der Waals surface area contributed by atoms with Crippen LogP contribution in [0.1, 0.15) is 69.2 Å². The zero-order chi connectivity index (χ0) is 33.2. The van der Waals surface area contributed by atoms with Crippen LogP contribution in [-0.4, -0.2) is 72.9 Å². The van der Waals surface area contributed by atoms with Gasteiger partial charge in [-0.15, -0.1) is 0 Å². The van der Waals surface area contributed by atoms with E-state index in [0.29, 0.717) is 60.7 Å². The fourth-order valence-electron chi connectivity index (χ4n) is 7.18. The van der Waals surface area contributed by atoms with Crippen LogP contribution in [0.3, 0.4) is 0 Å². The Labute approximate surface area is 274 Å². The van der Waals surface area contributed by atoms with E-state index in [9.17, 15) is 9.59 Å². The molecule has 1 N–H and O–H groups in total. The third kappa shape index (κ3) is 5.24. The number of hydrogen-bond donors (Lipinski definition) is 1. The van der Waals surface area contributed by atoms with Crippen LogP contribution < -0.4 is 24.6 Å². The Morgan fingerprint density at radius 1 is 1.04 bits per heavy atom. The molecule has 1 saturated heterocycles. The molecule has 1 spiro atoms. The Bertz CT molecular complexity index is 1790. The van der Waals surface area contributed by atoms with E-state index in [1.54, 1.807) is 47.1 Å². The Hall–Kier alpha value is -4.71. The lowest BCUT2D eigenvalue weighted by molar-refractivity contribution is -0.120. The molecule has 7 rings (SSSR count). The first-order chi connectivity index (χ1) is 22.4. The van der Waals surface area contributed by atoms with Crippen molar-refractivity contribution in [2.45, 2.75) is 76.7 Å². The van der Waals surface area contributed by atoms with Gasteiger partial charge in [0.1, 0.15) is 23.5 Å². The molecule has 4 atom stereocenters. The van der Waals surface area contributed by atoms with Crippen LogP contribution in [0.2, 0.25) is 0 Å². The third-order valence-corrected chi connectivity index (χ3v) is 9.19. The standard InChI is InChI=1S/C35H40N6O6/c1-19-16-40(17-20(2)46-19)31-28(45-7)30(37-18-38-31)39-29-24-10-8-21(12-22(24)15-36-29)26-14-35(26)25-13-23(44-6)9-11-27(25)41(32(35)42)33(43)47-34(3,4)5/h8-13,18-20,26H,14-17H2,1-7H3,(H,36,37,38,39)/t19-,20+,26-,35-/m0/s1. The van der Waals surface area contributed by atoms with Gasteiger partial charge in [0.2, 0.25) is 11.7 Å². The van der Waals surface area contributed by atoms with Crippen molar-refractivity contribution >= 4 is 35.2 Å². The number of hydrogen-bond acceptors (Lipinski definition) is 11. The maximum Gasteiger partial charge on any atom is 0.421 e. The van der Waals surface area contributed by atoms with Gasteiger partial charge >= 0.3 is 6.09 Å². The van der Waals surface area contributed by atoms with E-state index in [2.05, 4.69) is 26.3 Å². The zero-order valence-corrected chi connectivity index (χ0v) is 27.8. The maximum absolute atomic E-state index is 14.1. The monoisotopic (exact) mass is 640 g/mol. The van der Waals surface area contributed by atoms with Gasteiger partial charge in [0.25, 0.3) is 0 Å². The molecule has 1 saturated carbocycles. The van der Waals surface area contributed by atoms with Gasteiger partial charge in [0.05, 0.1) is 44.1 Å². The third-order valence-electron chi connectivity index (χ3n) is 9.19. The molecule has 3 aliphatic heterocycles. The minimum Gasteiger partial charge on any atom is -0.497 e. The van der Waals surface area contributed by atoms with Crippen molar-refractivity contribution in [3.8, 4) is 11.5 Å². The Morgan fingerprint density at radius 2 is 1.81 bits per heavy atom. The first-order valence-electron chi connectivity index (χ1n) is 15.9. The van der Waals surface area contributed by atoms with E-state index in [1.165, 1.54) is 11.2 Å². The van der Waals surface area contributed by atoms with Crippen molar-refractivity contribution in [1.82, 2.24) is 9.97 Å². The summed E-state index contributed by atoms with van der Waals surface area (Å²) in [4.78, 5) is 44.6. The average molecular weight is 641 g/mol. The average Bonchev–Trinajstić information content (AvgIpc) is 3.59. The molecular weight excluding hydrogens is 600 g/mol. The highest BCUT2D eigenvalue weighted by Crippen LogP contribution is 2.67. The highest BCUT2D eigenvalue weighted by Gasteiger charge is 2.68. The number of fused-ring (bicyclic) bond motifs is 3. The van der Waals surface area contributed by atoms with Crippen molar-refractivity contribution in [1.29, 1.82) is 0 Å². The summed E-state index contributed by atoms with van der Waals surface area (Å²) in [6.07, 6.45) is 1.57. The van der Waals surface area contributed by atoms with Crippen LogP contribution in [-0.2, 0) is 26.2 Å². The normalized spacial score (nSPS) is 24.5. The number of amides is 2. The molecular formula is C35H40N6O6. The van der Waals surface area contributed by atoms with Gasteiger partial charge in [0, 0.05) is 24.6 Å². The molecule has 0 bridgehead atoms. The second-order valence-corrected chi connectivity index (χ2v) is 13.7. The summed E-state index contributed by atoms with van der Waals surface area (Å²) in [6, 6.07) is 11.6. The molecule has 12 heteroatoms. The Balaban J connectivity index is 1.15. The van der Waals surface area contributed by atoms with E-state index < -0.39 is 17.1 Å². The number of morpholine rings is 1. The molecule has 0 radical (unpaired) electrons. The number of carbonyl (C=O) groups excluding carboxylic acids is 2. The minimum atomic E-state index is -0.866. The highest BCUT2D eigenvalue weighted by atomic mass is 16.6. The summed E-state index contributed by atoms with van der Waals surface area (Å²) in [5.41, 5.74) is 2.73.